The number of methoxy groups -OCH3 is 1. The van der Waals surface area contributed by atoms with Crippen LogP contribution in [0.5, 0.6) is 11.5 Å². The van der Waals surface area contributed by atoms with Crippen molar-refractivity contribution < 1.29 is 19.1 Å². The summed E-state index contributed by atoms with van der Waals surface area (Å²) in [6, 6.07) is 11.8. The van der Waals surface area contributed by atoms with Crippen LogP contribution in [0, 0.1) is 0 Å². The fraction of sp³-hybridized carbons (Fsp3) is 0.150. The van der Waals surface area contributed by atoms with Crippen LogP contribution in [0.1, 0.15) is 18.2 Å². The highest BCUT2D eigenvalue weighted by molar-refractivity contribution is 5.89. The van der Waals surface area contributed by atoms with Crippen LogP contribution in [-0.4, -0.2) is 35.4 Å². The van der Waals surface area contributed by atoms with Gasteiger partial charge in [-0.15, -0.1) is 0 Å². The van der Waals surface area contributed by atoms with E-state index in [1.54, 1.807) is 42.5 Å². The number of carbonyl (C=O) groups excluding carboxylic acids is 2. The van der Waals surface area contributed by atoms with E-state index in [-0.39, 0.29) is 17.7 Å². The zero-order chi connectivity index (χ0) is 20.8. The predicted molar refractivity (Wildman–Crippen MR) is 106 cm³/mol. The number of aromatic nitrogens is 2. The quantitative estimate of drug-likeness (QED) is 0.283. The summed E-state index contributed by atoms with van der Waals surface area (Å²) in [5.74, 6) is -0.234. The number of hydrazone groups is 1. The molecule has 9 heteroatoms. The monoisotopic (exact) mass is 394 g/mol. The normalized spacial score (nSPS) is 10.8. The standard InChI is InChI=1S/C20H18N4O5/c1-12(25)29-18-9-13(7-8-17(18)28-2)11-21-23-19(26)10-16-14-5-3-4-6-15(14)20(27)24-22-16/h3-9,11H,10H2,1-2H3,(H,23,26)(H,24,27)/b21-11+. The highest BCUT2D eigenvalue weighted by Gasteiger charge is 2.10. The molecule has 1 heterocycles. The average Bonchev–Trinajstić information content (AvgIpc) is 2.70. The van der Waals surface area contributed by atoms with Crippen molar-refractivity contribution in [1.82, 2.24) is 15.6 Å². The number of aromatic amines is 1. The average molecular weight is 394 g/mol. The molecule has 29 heavy (non-hydrogen) atoms. The number of esters is 1. The lowest BCUT2D eigenvalue weighted by Crippen LogP contribution is -2.22. The van der Waals surface area contributed by atoms with Gasteiger partial charge in [-0.2, -0.15) is 10.2 Å². The summed E-state index contributed by atoms with van der Waals surface area (Å²) in [5.41, 5.74) is 3.13. The molecule has 0 aliphatic rings. The molecule has 0 saturated carbocycles. The highest BCUT2D eigenvalue weighted by Crippen LogP contribution is 2.27. The molecule has 1 aromatic heterocycles. The minimum Gasteiger partial charge on any atom is -0.493 e. The lowest BCUT2D eigenvalue weighted by Gasteiger charge is -2.08. The van der Waals surface area contributed by atoms with Crippen molar-refractivity contribution in [2.75, 3.05) is 7.11 Å². The molecule has 0 aliphatic heterocycles. The summed E-state index contributed by atoms with van der Waals surface area (Å²) >= 11 is 0. The number of hydrogen-bond acceptors (Lipinski definition) is 7. The number of rotatable bonds is 6. The van der Waals surface area contributed by atoms with Gasteiger partial charge in [0.15, 0.2) is 11.5 Å². The molecule has 1 amide bonds. The van der Waals surface area contributed by atoms with Gasteiger partial charge in [0.2, 0.25) is 5.91 Å². The first-order valence-corrected chi connectivity index (χ1v) is 8.62. The lowest BCUT2D eigenvalue weighted by atomic mass is 10.1. The van der Waals surface area contributed by atoms with E-state index in [1.165, 1.54) is 20.2 Å². The topological polar surface area (TPSA) is 123 Å². The molecular formula is C20H18N4O5. The van der Waals surface area contributed by atoms with Gasteiger partial charge >= 0.3 is 5.97 Å². The smallest absolute Gasteiger partial charge is 0.308 e. The Labute approximate surface area is 165 Å². The molecule has 2 aromatic carbocycles. The van der Waals surface area contributed by atoms with Crippen molar-refractivity contribution >= 4 is 28.9 Å². The number of ether oxygens (including phenoxy) is 2. The molecule has 0 saturated heterocycles. The minimum absolute atomic E-state index is 0.0596. The van der Waals surface area contributed by atoms with Gasteiger partial charge in [0.1, 0.15) is 0 Å². The van der Waals surface area contributed by atoms with E-state index in [0.717, 1.165) is 0 Å². The summed E-state index contributed by atoms with van der Waals surface area (Å²) in [6.07, 6.45) is 1.35. The fourth-order valence-electron chi connectivity index (χ4n) is 2.68. The van der Waals surface area contributed by atoms with Gasteiger partial charge in [-0.1, -0.05) is 18.2 Å². The maximum Gasteiger partial charge on any atom is 0.308 e. The van der Waals surface area contributed by atoms with Crippen molar-refractivity contribution in [3.63, 3.8) is 0 Å². The first-order chi connectivity index (χ1) is 14.0. The van der Waals surface area contributed by atoms with Crippen LogP contribution in [0.15, 0.2) is 52.4 Å². The first-order valence-electron chi connectivity index (χ1n) is 8.62. The van der Waals surface area contributed by atoms with Crippen molar-refractivity contribution in [2.45, 2.75) is 13.3 Å². The Hall–Kier alpha value is -4.01. The minimum atomic E-state index is -0.480. The Balaban J connectivity index is 1.70. The molecule has 0 spiro atoms. The second-order valence-corrected chi connectivity index (χ2v) is 6.02. The summed E-state index contributed by atoms with van der Waals surface area (Å²) in [6.45, 7) is 1.29. The van der Waals surface area contributed by atoms with E-state index in [0.29, 0.717) is 27.8 Å². The Bertz CT molecular complexity index is 1150. The van der Waals surface area contributed by atoms with Crippen molar-refractivity contribution in [1.29, 1.82) is 0 Å². The predicted octanol–water partition coefficient (Wildman–Crippen LogP) is 1.55. The summed E-state index contributed by atoms with van der Waals surface area (Å²) in [5, 5.41) is 11.3. The van der Waals surface area contributed by atoms with Crippen molar-refractivity contribution in [2.24, 2.45) is 5.10 Å². The molecule has 0 aliphatic carbocycles. The van der Waals surface area contributed by atoms with E-state index in [2.05, 4.69) is 20.7 Å². The van der Waals surface area contributed by atoms with Crippen LogP contribution < -0.4 is 20.5 Å². The highest BCUT2D eigenvalue weighted by atomic mass is 16.6. The molecule has 0 radical (unpaired) electrons. The van der Waals surface area contributed by atoms with Gasteiger partial charge in [0, 0.05) is 12.3 Å². The summed E-state index contributed by atoms with van der Waals surface area (Å²) < 4.78 is 10.2. The second kappa shape index (κ2) is 8.79. The third-order valence-electron chi connectivity index (χ3n) is 3.95. The van der Waals surface area contributed by atoms with E-state index in [1.807, 2.05) is 0 Å². The molecule has 0 unspecified atom stereocenters. The van der Waals surface area contributed by atoms with Gasteiger partial charge < -0.3 is 9.47 Å². The van der Waals surface area contributed by atoms with E-state index >= 15 is 0 Å². The van der Waals surface area contributed by atoms with Gasteiger partial charge in [0.25, 0.3) is 5.56 Å². The Morgan fingerprint density at radius 2 is 1.93 bits per heavy atom. The number of amides is 1. The van der Waals surface area contributed by atoms with Crippen molar-refractivity contribution in [3.05, 3.63) is 64.1 Å². The second-order valence-electron chi connectivity index (χ2n) is 6.02. The van der Waals surface area contributed by atoms with Gasteiger partial charge in [-0.3, -0.25) is 14.4 Å². The first kappa shape index (κ1) is 19.7. The molecule has 0 atom stereocenters. The Morgan fingerprint density at radius 3 is 2.66 bits per heavy atom. The molecule has 2 N–H and O–H groups in total. The molecule has 9 nitrogen and oxygen atoms in total. The summed E-state index contributed by atoms with van der Waals surface area (Å²) in [7, 11) is 1.46. The third kappa shape index (κ3) is 4.83. The zero-order valence-electron chi connectivity index (χ0n) is 15.8. The van der Waals surface area contributed by atoms with Crippen LogP contribution in [0.4, 0.5) is 0 Å². The van der Waals surface area contributed by atoms with Gasteiger partial charge in [-0.25, -0.2) is 10.5 Å². The van der Waals surface area contributed by atoms with E-state index in [4.69, 9.17) is 9.47 Å². The van der Waals surface area contributed by atoms with Crippen LogP contribution in [0.25, 0.3) is 10.8 Å². The van der Waals surface area contributed by atoms with Crippen LogP contribution >= 0.6 is 0 Å². The fourth-order valence-corrected chi connectivity index (χ4v) is 2.68. The number of benzene rings is 2. The molecular weight excluding hydrogens is 376 g/mol. The number of carbonyl (C=O) groups is 2. The maximum absolute atomic E-state index is 12.2. The number of H-pyrrole nitrogens is 1. The number of fused-ring (bicyclic) bond motifs is 1. The Kier molecular flexibility index (Phi) is 5.98. The SMILES string of the molecule is COc1ccc(/C=N/NC(=O)Cc2n[nH]c(=O)c3ccccc23)cc1OC(C)=O. The van der Waals surface area contributed by atoms with E-state index in [9.17, 15) is 14.4 Å². The third-order valence-corrected chi connectivity index (χ3v) is 3.95. The molecule has 148 valence electrons. The zero-order valence-corrected chi connectivity index (χ0v) is 15.8. The molecule has 3 aromatic rings. The van der Waals surface area contributed by atoms with Crippen LogP contribution in [-0.2, 0) is 16.0 Å². The summed E-state index contributed by atoms with van der Waals surface area (Å²) in [4.78, 5) is 35.2. The van der Waals surface area contributed by atoms with Crippen LogP contribution in [0.2, 0.25) is 0 Å². The van der Waals surface area contributed by atoms with Crippen LogP contribution in [0.3, 0.4) is 0 Å². The van der Waals surface area contributed by atoms with Gasteiger partial charge in [-0.05, 0) is 29.8 Å². The van der Waals surface area contributed by atoms with E-state index < -0.39 is 11.9 Å². The molecule has 3 rings (SSSR count). The van der Waals surface area contributed by atoms with Crippen molar-refractivity contribution in [3.8, 4) is 11.5 Å². The number of nitrogens with zero attached hydrogens (tertiary/aromatic N) is 2. The molecule has 0 bridgehead atoms. The Morgan fingerprint density at radius 1 is 1.17 bits per heavy atom. The number of hydrogen-bond donors (Lipinski definition) is 2. The lowest BCUT2D eigenvalue weighted by molar-refractivity contribution is -0.132. The maximum atomic E-state index is 12.2. The molecule has 0 fully saturated rings. The largest absolute Gasteiger partial charge is 0.493 e. The van der Waals surface area contributed by atoms with Gasteiger partial charge in [0.05, 0.1) is 30.8 Å². The number of nitrogens with one attached hydrogen (secondary N) is 2.